The van der Waals surface area contributed by atoms with Gasteiger partial charge >= 0.3 is 0 Å². The molecule has 2 unspecified atom stereocenters. The van der Waals surface area contributed by atoms with E-state index in [9.17, 15) is 0 Å². The van der Waals surface area contributed by atoms with E-state index in [1.165, 1.54) is 17.5 Å². The molecule has 2 rings (SSSR count). The van der Waals surface area contributed by atoms with E-state index in [1.54, 1.807) is 0 Å². The summed E-state index contributed by atoms with van der Waals surface area (Å²) in [7, 11) is 1.98. The van der Waals surface area contributed by atoms with E-state index in [0.717, 1.165) is 12.5 Å². The summed E-state index contributed by atoms with van der Waals surface area (Å²) in [6.07, 6.45) is 3.48. The van der Waals surface area contributed by atoms with Crippen LogP contribution in [0.3, 0.4) is 0 Å². The molecule has 0 radical (unpaired) electrons. The maximum absolute atomic E-state index is 3.18. The average molecular weight is 233 g/mol. The smallest absolute Gasteiger partial charge is 0.0366 e. The molecule has 2 atom stereocenters. The predicted molar refractivity (Wildman–Crippen MR) is 72.5 cm³/mol. The number of nitrogens with one attached hydrogen (secondary N) is 1. The van der Waals surface area contributed by atoms with Crippen LogP contribution in [0.4, 0.5) is 0 Å². The number of rotatable bonds is 3. The zero-order valence-corrected chi connectivity index (χ0v) is 10.8. The minimum absolute atomic E-state index is 0.633. The van der Waals surface area contributed by atoms with Crippen molar-refractivity contribution in [1.29, 1.82) is 0 Å². The zero-order chi connectivity index (χ0) is 11.4. The van der Waals surface area contributed by atoms with Gasteiger partial charge in [-0.05, 0) is 35.9 Å². The molecule has 0 saturated heterocycles. The first-order valence-corrected chi connectivity index (χ1v) is 6.79. The molecular weight excluding hydrogens is 214 g/mol. The highest BCUT2D eigenvalue weighted by molar-refractivity contribution is 8.02. The topological polar surface area (TPSA) is 12.0 Å². The minimum atomic E-state index is 0.633. The van der Waals surface area contributed by atoms with Gasteiger partial charge in [-0.1, -0.05) is 37.3 Å². The van der Waals surface area contributed by atoms with Crippen molar-refractivity contribution in [2.24, 2.45) is 5.92 Å². The van der Waals surface area contributed by atoms with Gasteiger partial charge in [-0.15, -0.1) is 11.8 Å². The van der Waals surface area contributed by atoms with Gasteiger partial charge in [0.05, 0.1) is 0 Å². The van der Waals surface area contributed by atoms with Crippen molar-refractivity contribution in [3.05, 3.63) is 46.9 Å². The van der Waals surface area contributed by atoms with E-state index in [2.05, 4.69) is 48.0 Å². The second-order valence-electron chi connectivity index (χ2n) is 4.41. The Kier molecular flexibility index (Phi) is 4.08. The number of hydrogen-bond acceptors (Lipinski definition) is 2. The first-order valence-electron chi connectivity index (χ1n) is 5.85. The number of allylic oxidation sites excluding steroid dienone is 1. The summed E-state index contributed by atoms with van der Waals surface area (Å²) in [6.45, 7) is 3.29. The van der Waals surface area contributed by atoms with Gasteiger partial charge in [-0.25, -0.2) is 0 Å². The van der Waals surface area contributed by atoms with Gasteiger partial charge in [-0.2, -0.15) is 0 Å². The average Bonchev–Trinajstić information content (AvgIpc) is 2.31. The first kappa shape index (κ1) is 11.7. The third-order valence-corrected chi connectivity index (χ3v) is 4.41. The Morgan fingerprint density at radius 3 is 2.69 bits per heavy atom. The maximum atomic E-state index is 3.18. The monoisotopic (exact) mass is 233 g/mol. The molecule has 0 fully saturated rings. The molecule has 1 N–H and O–H groups in total. The van der Waals surface area contributed by atoms with Crippen molar-refractivity contribution in [3.8, 4) is 0 Å². The predicted octanol–water partition coefficient (Wildman–Crippen LogP) is 3.73. The second-order valence-corrected chi connectivity index (χ2v) is 5.47. The van der Waals surface area contributed by atoms with E-state index in [-0.39, 0.29) is 0 Å². The SMILES string of the molecule is CNCc1ccc(C2SC=CCC2C)cc1. The lowest BCUT2D eigenvalue weighted by molar-refractivity contribution is 0.573. The van der Waals surface area contributed by atoms with E-state index in [4.69, 9.17) is 0 Å². The number of hydrogen-bond donors (Lipinski definition) is 1. The second kappa shape index (κ2) is 5.55. The molecule has 1 aliphatic heterocycles. The summed E-state index contributed by atoms with van der Waals surface area (Å²) >= 11 is 1.95. The van der Waals surface area contributed by atoms with Crippen LogP contribution in [-0.2, 0) is 6.54 Å². The van der Waals surface area contributed by atoms with Gasteiger partial charge in [0.15, 0.2) is 0 Å². The highest BCUT2D eigenvalue weighted by Crippen LogP contribution is 2.41. The summed E-state index contributed by atoms with van der Waals surface area (Å²) in [6, 6.07) is 9.02. The van der Waals surface area contributed by atoms with Crippen LogP contribution >= 0.6 is 11.8 Å². The molecule has 0 bridgehead atoms. The Hall–Kier alpha value is -0.730. The van der Waals surface area contributed by atoms with Crippen LogP contribution in [0.25, 0.3) is 0 Å². The summed E-state index contributed by atoms with van der Waals surface area (Å²) in [5.74, 6) is 0.741. The van der Waals surface area contributed by atoms with Crippen LogP contribution in [0.15, 0.2) is 35.7 Å². The largest absolute Gasteiger partial charge is 0.316 e. The first-order chi connectivity index (χ1) is 7.81. The van der Waals surface area contributed by atoms with Crippen molar-refractivity contribution in [2.45, 2.75) is 25.1 Å². The summed E-state index contributed by atoms with van der Waals surface area (Å²) in [4.78, 5) is 0. The van der Waals surface area contributed by atoms with Crippen molar-refractivity contribution < 1.29 is 0 Å². The molecule has 16 heavy (non-hydrogen) atoms. The van der Waals surface area contributed by atoms with Gasteiger partial charge in [0.2, 0.25) is 0 Å². The van der Waals surface area contributed by atoms with Gasteiger partial charge in [0, 0.05) is 11.8 Å². The van der Waals surface area contributed by atoms with E-state index >= 15 is 0 Å². The van der Waals surface area contributed by atoms with Crippen molar-refractivity contribution >= 4 is 11.8 Å². The molecule has 1 aromatic carbocycles. The Morgan fingerprint density at radius 1 is 1.31 bits per heavy atom. The fourth-order valence-electron chi connectivity index (χ4n) is 2.10. The molecule has 1 aromatic rings. The lowest BCUT2D eigenvalue weighted by Crippen LogP contribution is -2.08. The van der Waals surface area contributed by atoms with Crippen LogP contribution in [0.1, 0.15) is 29.7 Å². The highest BCUT2D eigenvalue weighted by atomic mass is 32.2. The van der Waals surface area contributed by atoms with Gasteiger partial charge in [0.25, 0.3) is 0 Å². The quantitative estimate of drug-likeness (QED) is 0.853. The molecule has 1 heterocycles. The van der Waals surface area contributed by atoms with Crippen LogP contribution in [0, 0.1) is 5.92 Å². The molecule has 0 aromatic heterocycles. The molecule has 0 aliphatic carbocycles. The van der Waals surface area contributed by atoms with E-state index < -0.39 is 0 Å². The van der Waals surface area contributed by atoms with Gasteiger partial charge < -0.3 is 5.32 Å². The molecule has 86 valence electrons. The molecule has 0 amide bonds. The zero-order valence-electron chi connectivity index (χ0n) is 9.94. The van der Waals surface area contributed by atoms with Crippen LogP contribution in [0.5, 0.6) is 0 Å². The Balaban J connectivity index is 2.11. The maximum Gasteiger partial charge on any atom is 0.0366 e. The summed E-state index contributed by atoms with van der Waals surface area (Å²) in [5, 5.41) is 6.05. The number of benzene rings is 1. The standard InChI is InChI=1S/C14H19NS/c1-11-4-3-9-16-14(11)13-7-5-12(6-8-13)10-15-2/h3,5-9,11,14-15H,4,10H2,1-2H3. The van der Waals surface area contributed by atoms with Crippen molar-refractivity contribution in [1.82, 2.24) is 5.32 Å². The van der Waals surface area contributed by atoms with Crippen molar-refractivity contribution in [3.63, 3.8) is 0 Å². The lowest BCUT2D eigenvalue weighted by Gasteiger charge is -2.25. The normalized spacial score (nSPS) is 24.6. The van der Waals surface area contributed by atoms with Crippen LogP contribution < -0.4 is 5.32 Å². The Morgan fingerprint density at radius 2 is 2.06 bits per heavy atom. The molecule has 1 aliphatic rings. The molecule has 0 spiro atoms. The van der Waals surface area contributed by atoms with Crippen molar-refractivity contribution in [2.75, 3.05) is 7.05 Å². The highest BCUT2D eigenvalue weighted by Gasteiger charge is 2.20. The molecular formula is C14H19NS. The van der Waals surface area contributed by atoms with E-state index in [1.807, 2.05) is 18.8 Å². The minimum Gasteiger partial charge on any atom is -0.316 e. The molecule has 1 nitrogen and oxygen atoms in total. The third-order valence-electron chi connectivity index (χ3n) is 3.04. The van der Waals surface area contributed by atoms with E-state index in [0.29, 0.717) is 5.25 Å². The van der Waals surface area contributed by atoms with Crippen LogP contribution in [0.2, 0.25) is 0 Å². The Bertz CT molecular complexity index is 356. The number of thioether (sulfide) groups is 1. The lowest BCUT2D eigenvalue weighted by atomic mass is 9.96. The fraction of sp³-hybridized carbons (Fsp3) is 0.429. The van der Waals surface area contributed by atoms with Gasteiger partial charge in [0.1, 0.15) is 0 Å². The Labute approximate surface area is 102 Å². The molecule has 0 saturated carbocycles. The van der Waals surface area contributed by atoms with Gasteiger partial charge in [-0.3, -0.25) is 0 Å². The molecule has 2 heteroatoms. The summed E-state index contributed by atoms with van der Waals surface area (Å²) in [5.41, 5.74) is 2.82. The van der Waals surface area contributed by atoms with Crippen LogP contribution in [-0.4, -0.2) is 7.05 Å². The summed E-state index contributed by atoms with van der Waals surface area (Å²) < 4.78 is 0. The fourth-order valence-corrected chi connectivity index (χ4v) is 3.19. The third kappa shape index (κ3) is 2.69.